The van der Waals surface area contributed by atoms with Crippen LogP contribution >= 0.6 is 0 Å². The Labute approximate surface area is 198 Å². The van der Waals surface area contributed by atoms with Gasteiger partial charge in [-0.25, -0.2) is 4.98 Å². The maximum Gasteiger partial charge on any atom is 0.259 e. The zero-order valence-electron chi connectivity index (χ0n) is 19.6. The Morgan fingerprint density at radius 1 is 1.00 bits per heavy atom. The maximum absolute atomic E-state index is 13.3. The Bertz CT molecular complexity index is 1280. The smallest absolute Gasteiger partial charge is 0.259 e. The highest BCUT2D eigenvalue weighted by molar-refractivity contribution is 5.99. The molecule has 0 spiro atoms. The second-order valence-electron chi connectivity index (χ2n) is 9.41. The summed E-state index contributed by atoms with van der Waals surface area (Å²) in [5.74, 6) is -0.0373. The van der Waals surface area contributed by atoms with E-state index in [1.165, 1.54) is 0 Å². The monoisotopic (exact) mass is 461 g/mol. The molecule has 178 valence electrons. The lowest BCUT2D eigenvalue weighted by atomic mass is 10.1. The molecule has 5 rings (SSSR count). The van der Waals surface area contributed by atoms with E-state index in [0.717, 1.165) is 56.0 Å². The van der Waals surface area contributed by atoms with Crippen LogP contribution in [0.4, 0.5) is 0 Å². The van der Waals surface area contributed by atoms with Crippen LogP contribution in [0.3, 0.4) is 0 Å². The van der Waals surface area contributed by atoms with Crippen molar-refractivity contribution in [2.45, 2.75) is 57.5 Å². The van der Waals surface area contributed by atoms with E-state index in [1.807, 2.05) is 40.4 Å². The number of carbonyl (C=O) groups is 2. The Kier molecular flexibility index (Phi) is 6.22. The summed E-state index contributed by atoms with van der Waals surface area (Å²) in [5, 5.41) is 2.86. The number of piperidine rings is 1. The summed E-state index contributed by atoms with van der Waals surface area (Å²) in [6, 6.07) is 7.98. The van der Waals surface area contributed by atoms with Crippen molar-refractivity contribution in [2.24, 2.45) is 7.05 Å². The number of imidazole rings is 1. The van der Waals surface area contributed by atoms with Crippen LogP contribution in [0.25, 0.3) is 11.0 Å². The third-order valence-corrected chi connectivity index (χ3v) is 7.20. The van der Waals surface area contributed by atoms with Crippen LogP contribution in [-0.2, 0) is 13.6 Å². The van der Waals surface area contributed by atoms with E-state index in [0.29, 0.717) is 18.9 Å². The molecular formula is C26H31N5O3. The van der Waals surface area contributed by atoms with Crippen molar-refractivity contribution in [1.82, 2.24) is 24.3 Å². The summed E-state index contributed by atoms with van der Waals surface area (Å²) in [7, 11) is 1.90. The molecule has 2 aliphatic rings. The van der Waals surface area contributed by atoms with Gasteiger partial charge in [0, 0.05) is 38.6 Å². The van der Waals surface area contributed by atoms with Crippen LogP contribution in [0.5, 0.6) is 0 Å². The van der Waals surface area contributed by atoms with Crippen molar-refractivity contribution in [3.63, 3.8) is 0 Å². The predicted molar refractivity (Wildman–Crippen MR) is 130 cm³/mol. The molecule has 8 heteroatoms. The molecule has 1 aliphatic heterocycles. The van der Waals surface area contributed by atoms with E-state index in [9.17, 15) is 14.4 Å². The first kappa shape index (κ1) is 22.4. The summed E-state index contributed by atoms with van der Waals surface area (Å²) in [4.78, 5) is 46.1. The van der Waals surface area contributed by atoms with Gasteiger partial charge in [0.25, 0.3) is 11.8 Å². The number of carbonyl (C=O) groups excluding carboxylic acids is 2. The number of para-hydroxylation sites is 2. The van der Waals surface area contributed by atoms with Gasteiger partial charge in [0.05, 0.1) is 17.6 Å². The third-order valence-electron chi connectivity index (χ3n) is 7.20. The molecule has 1 aliphatic carbocycles. The van der Waals surface area contributed by atoms with E-state index >= 15 is 0 Å². The molecule has 3 heterocycles. The quantitative estimate of drug-likeness (QED) is 0.631. The molecule has 2 fully saturated rings. The van der Waals surface area contributed by atoms with Crippen molar-refractivity contribution in [3.05, 3.63) is 63.8 Å². The molecule has 1 aromatic carbocycles. The van der Waals surface area contributed by atoms with Gasteiger partial charge in [-0.05, 0) is 44.2 Å². The minimum atomic E-state index is -0.493. The molecule has 3 aromatic rings. The number of pyridine rings is 1. The van der Waals surface area contributed by atoms with Crippen LogP contribution in [0.15, 0.2) is 41.5 Å². The summed E-state index contributed by atoms with van der Waals surface area (Å²) >= 11 is 0. The molecule has 1 saturated carbocycles. The average molecular weight is 462 g/mol. The Morgan fingerprint density at radius 3 is 2.44 bits per heavy atom. The van der Waals surface area contributed by atoms with E-state index in [2.05, 4.69) is 10.3 Å². The fourth-order valence-corrected chi connectivity index (χ4v) is 5.20. The summed E-state index contributed by atoms with van der Waals surface area (Å²) < 4.78 is 3.86. The molecule has 0 unspecified atom stereocenters. The van der Waals surface area contributed by atoms with E-state index < -0.39 is 11.3 Å². The maximum atomic E-state index is 13.3. The lowest BCUT2D eigenvalue weighted by molar-refractivity contribution is 0.0722. The van der Waals surface area contributed by atoms with Crippen molar-refractivity contribution in [1.29, 1.82) is 0 Å². The first-order valence-corrected chi connectivity index (χ1v) is 12.3. The first-order valence-electron chi connectivity index (χ1n) is 12.3. The highest BCUT2D eigenvalue weighted by Crippen LogP contribution is 2.29. The van der Waals surface area contributed by atoms with Gasteiger partial charge >= 0.3 is 0 Å². The van der Waals surface area contributed by atoms with Gasteiger partial charge in [0.2, 0.25) is 5.43 Å². The number of hydrogen-bond donors (Lipinski definition) is 1. The van der Waals surface area contributed by atoms with Crippen LogP contribution in [0.1, 0.15) is 77.5 Å². The lowest BCUT2D eigenvalue weighted by Crippen LogP contribution is -2.40. The fraction of sp³-hybridized carbons (Fsp3) is 0.462. The Hall–Kier alpha value is -3.42. The van der Waals surface area contributed by atoms with Gasteiger partial charge in [-0.2, -0.15) is 0 Å². The number of hydrogen-bond acceptors (Lipinski definition) is 4. The summed E-state index contributed by atoms with van der Waals surface area (Å²) in [6.07, 6.45) is 10.5. The van der Waals surface area contributed by atoms with Gasteiger partial charge in [0.1, 0.15) is 17.0 Å². The molecule has 8 nitrogen and oxygen atoms in total. The minimum Gasteiger partial charge on any atom is -0.349 e. The number of aryl methyl sites for hydroxylation is 1. The number of rotatable bonds is 5. The molecule has 1 N–H and O–H groups in total. The normalized spacial score (nSPS) is 16.8. The van der Waals surface area contributed by atoms with E-state index in [-0.39, 0.29) is 29.6 Å². The van der Waals surface area contributed by atoms with Crippen LogP contribution in [0.2, 0.25) is 0 Å². The Balaban J connectivity index is 1.44. The van der Waals surface area contributed by atoms with Gasteiger partial charge in [-0.1, -0.05) is 25.0 Å². The van der Waals surface area contributed by atoms with Crippen LogP contribution in [0, 0.1) is 0 Å². The number of nitrogens with zero attached hydrogens (tertiary/aromatic N) is 4. The molecule has 2 amide bonds. The second-order valence-corrected chi connectivity index (χ2v) is 9.41. The number of benzene rings is 1. The molecule has 0 bridgehead atoms. The van der Waals surface area contributed by atoms with Crippen molar-refractivity contribution in [3.8, 4) is 0 Å². The number of amides is 2. The van der Waals surface area contributed by atoms with Gasteiger partial charge in [-0.15, -0.1) is 0 Å². The molecule has 0 radical (unpaired) electrons. The van der Waals surface area contributed by atoms with Crippen molar-refractivity contribution in [2.75, 3.05) is 13.1 Å². The standard InChI is InChI=1S/C26H31N5O3/c1-29-22-12-6-5-11-21(22)28-23(29)15-27-25(33)19-16-31(18-9-3-4-10-18)17-20(24(19)32)26(34)30-13-7-2-8-14-30/h5-6,11-12,16-18H,2-4,7-10,13-15H2,1H3,(H,27,33). The van der Waals surface area contributed by atoms with E-state index in [4.69, 9.17) is 0 Å². The van der Waals surface area contributed by atoms with Gasteiger partial charge in [0.15, 0.2) is 0 Å². The highest BCUT2D eigenvalue weighted by atomic mass is 16.2. The summed E-state index contributed by atoms with van der Waals surface area (Å²) in [6.45, 7) is 1.51. The van der Waals surface area contributed by atoms with Crippen LogP contribution in [-0.4, -0.2) is 43.9 Å². The fourth-order valence-electron chi connectivity index (χ4n) is 5.20. The zero-order chi connectivity index (χ0) is 23.7. The lowest BCUT2D eigenvalue weighted by Gasteiger charge is -2.27. The molecule has 34 heavy (non-hydrogen) atoms. The number of aromatic nitrogens is 3. The highest BCUT2D eigenvalue weighted by Gasteiger charge is 2.27. The molecule has 2 aromatic heterocycles. The number of nitrogens with one attached hydrogen (secondary N) is 1. The second kappa shape index (κ2) is 9.44. The molecular weight excluding hydrogens is 430 g/mol. The van der Waals surface area contributed by atoms with Gasteiger partial charge < -0.3 is 19.4 Å². The Morgan fingerprint density at radius 2 is 1.71 bits per heavy atom. The first-order chi connectivity index (χ1) is 16.5. The van der Waals surface area contributed by atoms with Crippen molar-refractivity contribution < 1.29 is 9.59 Å². The van der Waals surface area contributed by atoms with E-state index in [1.54, 1.807) is 17.3 Å². The van der Waals surface area contributed by atoms with Gasteiger partial charge in [-0.3, -0.25) is 14.4 Å². The molecule has 1 saturated heterocycles. The summed E-state index contributed by atoms with van der Waals surface area (Å²) in [5.41, 5.74) is 1.46. The predicted octanol–water partition coefficient (Wildman–Crippen LogP) is 3.41. The topological polar surface area (TPSA) is 89.2 Å². The largest absolute Gasteiger partial charge is 0.349 e. The zero-order valence-corrected chi connectivity index (χ0v) is 19.6. The minimum absolute atomic E-state index is 0.0218. The molecule has 0 atom stereocenters. The van der Waals surface area contributed by atoms with Crippen molar-refractivity contribution >= 4 is 22.8 Å². The SMILES string of the molecule is Cn1c(CNC(=O)c2cn(C3CCCC3)cc(C(=O)N3CCCCC3)c2=O)nc2ccccc21. The number of fused-ring (bicyclic) bond motifs is 1. The number of likely N-dealkylation sites (tertiary alicyclic amines) is 1. The van der Waals surface area contributed by atoms with Crippen LogP contribution < -0.4 is 10.7 Å². The third kappa shape index (κ3) is 4.24. The average Bonchev–Trinajstić information content (AvgIpc) is 3.52.